The molecule has 0 aliphatic carbocycles. The number of hydrogen-bond donors (Lipinski definition) is 2. The summed E-state index contributed by atoms with van der Waals surface area (Å²) < 4.78 is 0. The molecular weight excluding hydrogens is 246 g/mol. The number of rotatable bonds is 5. The molecule has 0 aliphatic rings. The fourth-order valence-corrected chi connectivity index (χ4v) is 2.14. The number of nitrogen functional groups attached to an aromatic ring is 1. The lowest BCUT2D eigenvalue weighted by Gasteiger charge is -2.13. The highest BCUT2D eigenvalue weighted by Crippen LogP contribution is 2.20. The normalized spacial score (nSPS) is 11.6. The van der Waals surface area contributed by atoms with Crippen molar-refractivity contribution in [1.29, 1.82) is 5.26 Å². The zero-order chi connectivity index (χ0) is 14.4. The van der Waals surface area contributed by atoms with Gasteiger partial charge in [0, 0.05) is 17.9 Å². The Hall–Kier alpha value is -2.47. The SMILES string of the molecule is CC(CCNc1ccc(N)c(C#N)c1)c1ccccc1. The molecule has 3 nitrogen and oxygen atoms in total. The number of hydrogen-bond acceptors (Lipinski definition) is 3. The van der Waals surface area contributed by atoms with Gasteiger partial charge in [-0.15, -0.1) is 0 Å². The third-order valence-electron chi connectivity index (χ3n) is 3.45. The summed E-state index contributed by atoms with van der Waals surface area (Å²) in [7, 11) is 0. The van der Waals surface area contributed by atoms with Crippen LogP contribution in [0.3, 0.4) is 0 Å². The van der Waals surface area contributed by atoms with Crippen molar-refractivity contribution in [3.05, 3.63) is 59.7 Å². The van der Waals surface area contributed by atoms with Crippen molar-refractivity contribution in [1.82, 2.24) is 0 Å². The number of nitrogens with one attached hydrogen (secondary N) is 1. The molecule has 1 atom stereocenters. The molecule has 3 heteroatoms. The third kappa shape index (κ3) is 3.52. The first kappa shape index (κ1) is 14.0. The largest absolute Gasteiger partial charge is 0.398 e. The van der Waals surface area contributed by atoms with E-state index in [2.05, 4.69) is 42.6 Å². The molecule has 1 unspecified atom stereocenters. The summed E-state index contributed by atoms with van der Waals surface area (Å²) >= 11 is 0. The zero-order valence-corrected chi connectivity index (χ0v) is 11.6. The monoisotopic (exact) mass is 265 g/mol. The van der Waals surface area contributed by atoms with Crippen LogP contribution >= 0.6 is 0 Å². The number of nitrogens with two attached hydrogens (primary N) is 1. The summed E-state index contributed by atoms with van der Waals surface area (Å²) in [4.78, 5) is 0. The predicted molar refractivity (Wildman–Crippen MR) is 83.5 cm³/mol. The topological polar surface area (TPSA) is 61.8 Å². The molecule has 0 fully saturated rings. The minimum atomic E-state index is 0.507. The van der Waals surface area contributed by atoms with Crippen LogP contribution < -0.4 is 11.1 Å². The molecule has 0 heterocycles. The van der Waals surface area contributed by atoms with Gasteiger partial charge in [-0.1, -0.05) is 37.3 Å². The molecule has 0 bridgehead atoms. The van der Waals surface area contributed by atoms with Crippen LogP contribution in [0.15, 0.2) is 48.5 Å². The molecule has 2 aromatic carbocycles. The number of anilines is 2. The highest BCUT2D eigenvalue weighted by Gasteiger charge is 2.05. The fourth-order valence-electron chi connectivity index (χ4n) is 2.14. The Kier molecular flexibility index (Phi) is 4.62. The maximum absolute atomic E-state index is 8.95. The first-order valence-electron chi connectivity index (χ1n) is 6.79. The van der Waals surface area contributed by atoms with Crippen LogP contribution in [0, 0.1) is 11.3 Å². The van der Waals surface area contributed by atoms with Crippen molar-refractivity contribution < 1.29 is 0 Å². The Balaban J connectivity index is 1.89. The number of nitrogens with zero attached hydrogens (tertiary/aromatic N) is 1. The van der Waals surface area contributed by atoms with E-state index in [1.807, 2.05) is 12.1 Å². The molecule has 20 heavy (non-hydrogen) atoms. The standard InChI is InChI=1S/C17H19N3/c1-13(14-5-3-2-4-6-14)9-10-20-16-7-8-17(19)15(11-16)12-18/h2-8,11,13,20H,9-10,19H2,1H3. The first-order chi connectivity index (χ1) is 9.70. The van der Waals surface area contributed by atoms with Gasteiger partial charge in [0.15, 0.2) is 0 Å². The summed E-state index contributed by atoms with van der Waals surface area (Å²) in [5.41, 5.74) is 9.04. The van der Waals surface area contributed by atoms with E-state index in [-0.39, 0.29) is 0 Å². The van der Waals surface area contributed by atoms with Crippen LogP contribution in [0.4, 0.5) is 11.4 Å². The van der Waals surface area contributed by atoms with Gasteiger partial charge in [-0.3, -0.25) is 0 Å². The van der Waals surface area contributed by atoms with Crippen LogP contribution in [-0.4, -0.2) is 6.54 Å². The summed E-state index contributed by atoms with van der Waals surface area (Å²) in [6.45, 7) is 3.09. The van der Waals surface area contributed by atoms with Crippen LogP contribution in [0.5, 0.6) is 0 Å². The molecule has 0 spiro atoms. The Morgan fingerprint density at radius 1 is 1.20 bits per heavy atom. The second-order valence-electron chi connectivity index (χ2n) is 4.94. The minimum Gasteiger partial charge on any atom is -0.398 e. The van der Waals surface area contributed by atoms with Crippen molar-refractivity contribution in [2.24, 2.45) is 0 Å². The Morgan fingerprint density at radius 2 is 1.95 bits per heavy atom. The molecule has 0 aliphatic heterocycles. The lowest BCUT2D eigenvalue weighted by atomic mass is 9.98. The van der Waals surface area contributed by atoms with E-state index < -0.39 is 0 Å². The fraction of sp³-hybridized carbons (Fsp3) is 0.235. The predicted octanol–water partition coefficient (Wildman–Crippen LogP) is 3.75. The van der Waals surface area contributed by atoms with Crippen molar-refractivity contribution >= 4 is 11.4 Å². The average molecular weight is 265 g/mol. The van der Waals surface area contributed by atoms with E-state index in [9.17, 15) is 0 Å². The smallest absolute Gasteiger partial charge is 0.101 e. The molecule has 0 amide bonds. The molecule has 2 rings (SSSR count). The summed E-state index contributed by atoms with van der Waals surface area (Å²) in [5.74, 6) is 0.507. The number of nitriles is 1. The molecule has 0 saturated carbocycles. The quantitative estimate of drug-likeness (QED) is 0.809. The van der Waals surface area contributed by atoms with Gasteiger partial charge >= 0.3 is 0 Å². The van der Waals surface area contributed by atoms with Gasteiger partial charge in [-0.2, -0.15) is 5.26 Å². The molecule has 3 N–H and O–H groups in total. The third-order valence-corrected chi connectivity index (χ3v) is 3.45. The van der Waals surface area contributed by atoms with Gasteiger partial charge in [0.2, 0.25) is 0 Å². The molecule has 0 radical (unpaired) electrons. The summed E-state index contributed by atoms with van der Waals surface area (Å²) in [6.07, 6.45) is 1.04. The average Bonchev–Trinajstić information content (AvgIpc) is 2.49. The Labute approximate surface area is 120 Å². The van der Waals surface area contributed by atoms with Crippen molar-refractivity contribution in [2.45, 2.75) is 19.3 Å². The van der Waals surface area contributed by atoms with Gasteiger partial charge in [0.25, 0.3) is 0 Å². The zero-order valence-electron chi connectivity index (χ0n) is 11.6. The van der Waals surface area contributed by atoms with E-state index in [1.54, 1.807) is 12.1 Å². The summed E-state index contributed by atoms with van der Waals surface area (Å²) in [6, 6.07) is 18.0. The Bertz CT molecular complexity index is 599. The van der Waals surface area contributed by atoms with Crippen LogP contribution in [0.2, 0.25) is 0 Å². The second-order valence-corrected chi connectivity index (χ2v) is 4.94. The molecule has 0 saturated heterocycles. The van der Waals surface area contributed by atoms with Gasteiger partial charge in [0.05, 0.1) is 5.56 Å². The first-order valence-corrected chi connectivity index (χ1v) is 6.79. The van der Waals surface area contributed by atoms with E-state index in [0.717, 1.165) is 18.7 Å². The van der Waals surface area contributed by atoms with Crippen molar-refractivity contribution in [3.63, 3.8) is 0 Å². The van der Waals surface area contributed by atoms with E-state index in [0.29, 0.717) is 17.2 Å². The second kappa shape index (κ2) is 6.63. The van der Waals surface area contributed by atoms with E-state index in [4.69, 9.17) is 11.0 Å². The highest BCUT2D eigenvalue weighted by molar-refractivity contribution is 5.61. The lowest BCUT2D eigenvalue weighted by Crippen LogP contribution is -2.06. The lowest BCUT2D eigenvalue weighted by molar-refractivity contribution is 0.706. The van der Waals surface area contributed by atoms with Crippen molar-refractivity contribution in [2.75, 3.05) is 17.6 Å². The van der Waals surface area contributed by atoms with E-state index in [1.165, 1.54) is 5.56 Å². The van der Waals surface area contributed by atoms with Gasteiger partial charge in [-0.05, 0) is 36.1 Å². The van der Waals surface area contributed by atoms with Crippen molar-refractivity contribution in [3.8, 4) is 6.07 Å². The van der Waals surface area contributed by atoms with Crippen LogP contribution in [0.1, 0.15) is 30.4 Å². The van der Waals surface area contributed by atoms with Gasteiger partial charge < -0.3 is 11.1 Å². The minimum absolute atomic E-state index is 0.507. The van der Waals surface area contributed by atoms with Gasteiger partial charge in [0.1, 0.15) is 6.07 Å². The molecule has 0 aromatic heterocycles. The Morgan fingerprint density at radius 3 is 2.65 bits per heavy atom. The molecular formula is C17H19N3. The maximum atomic E-state index is 8.95. The van der Waals surface area contributed by atoms with Gasteiger partial charge in [-0.25, -0.2) is 0 Å². The number of benzene rings is 2. The highest BCUT2D eigenvalue weighted by atomic mass is 14.9. The van der Waals surface area contributed by atoms with Crippen LogP contribution in [0.25, 0.3) is 0 Å². The van der Waals surface area contributed by atoms with E-state index >= 15 is 0 Å². The van der Waals surface area contributed by atoms with Crippen LogP contribution in [-0.2, 0) is 0 Å². The summed E-state index contributed by atoms with van der Waals surface area (Å²) in [5, 5.41) is 12.3. The molecule has 102 valence electrons. The molecule has 2 aromatic rings. The maximum Gasteiger partial charge on any atom is 0.101 e.